The molecule has 9 heavy (non-hydrogen) atoms. The van der Waals surface area contributed by atoms with Crippen molar-refractivity contribution in [1.82, 2.24) is 5.32 Å². The van der Waals surface area contributed by atoms with Gasteiger partial charge >= 0.3 is 0 Å². The molecule has 1 aliphatic rings. The molecule has 1 heterocycles. The van der Waals surface area contributed by atoms with Gasteiger partial charge in [-0.15, -0.1) is 0 Å². The molecule has 1 aliphatic heterocycles. The molecule has 2 radical (unpaired) electrons. The van der Waals surface area contributed by atoms with Crippen molar-refractivity contribution in [3.05, 3.63) is 23.4 Å². The maximum Gasteiger partial charge on any atom is 0.272 e. The van der Waals surface area contributed by atoms with Crippen molar-refractivity contribution in [2.24, 2.45) is 0 Å². The summed E-state index contributed by atoms with van der Waals surface area (Å²) in [6, 6.07) is 0. The monoisotopic (exact) mass is 121 g/mol. The average molecular weight is 121 g/mol. The van der Waals surface area contributed by atoms with E-state index in [4.69, 9.17) is 0 Å². The van der Waals surface area contributed by atoms with Gasteiger partial charge in [-0.2, -0.15) is 0 Å². The van der Waals surface area contributed by atoms with Crippen molar-refractivity contribution < 1.29 is 4.79 Å². The Morgan fingerprint density at radius 1 is 1.56 bits per heavy atom. The first-order valence-corrected chi connectivity index (χ1v) is 2.72. The van der Waals surface area contributed by atoms with Gasteiger partial charge in [-0.05, 0) is 19.4 Å². The summed E-state index contributed by atoms with van der Waals surface area (Å²) in [5.41, 5.74) is 1.58. The molecule has 0 saturated heterocycles. The number of carbonyl (C=O) groups is 1. The van der Waals surface area contributed by atoms with Crippen molar-refractivity contribution in [3.63, 3.8) is 0 Å². The van der Waals surface area contributed by atoms with E-state index in [0.717, 1.165) is 5.57 Å². The Labute approximate surface area is 54.3 Å². The zero-order chi connectivity index (χ0) is 6.85. The Bertz CT molecular complexity index is 201. The van der Waals surface area contributed by atoms with Gasteiger partial charge in [-0.25, -0.2) is 5.32 Å². The molecule has 0 N–H and O–H groups in total. The van der Waals surface area contributed by atoms with Gasteiger partial charge in [0.1, 0.15) is 0 Å². The normalized spacial score (nSPS) is 18.2. The Hall–Kier alpha value is -1.05. The third kappa shape index (κ3) is 1.02. The van der Waals surface area contributed by atoms with E-state index in [9.17, 15) is 4.79 Å². The molecule has 0 spiro atoms. The lowest BCUT2D eigenvalue weighted by atomic mass is 10.1. The van der Waals surface area contributed by atoms with E-state index >= 15 is 0 Å². The van der Waals surface area contributed by atoms with Gasteiger partial charge in [0.15, 0.2) is 0 Å². The molecular formula is C7H7NO. The third-order valence-electron chi connectivity index (χ3n) is 1.35. The zero-order valence-electron chi connectivity index (χ0n) is 5.43. The Balaban J connectivity index is 2.97. The molecule has 2 heteroatoms. The molecule has 1 rings (SSSR count). The summed E-state index contributed by atoms with van der Waals surface area (Å²) in [4.78, 5) is 10.7. The molecule has 0 bridgehead atoms. The molecule has 0 fully saturated rings. The molecule has 0 aromatic heterocycles. The average Bonchev–Trinajstić information content (AvgIpc) is 1.83. The van der Waals surface area contributed by atoms with E-state index in [1.807, 2.05) is 6.92 Å². The molecule has 0 aromatic rings. The Morgan fingerprint density at radius 2 is 2.22 bits per heavy atom. The molecular weight excluding hydrogens is 114 g/mol. The molecule has 0 aromatic carbocycles. The highest BCUT2D eigenvalue weighted by Crippen LogP contribution is 2.07. The number of hydrogen-bond donors (Lipinski definition) is 0. The fourth-order valence-corrected chi connectivity index (χ4v) is 0.553. The van der Waals surface area contributed by atoms with E-state index in [1.54, 1.807) is 6.92 Å². The maximum atomic E-state index is 10.7. The number of carbonyl (C=O) groups excluding carboxylic acids is 1. The highest BCUT2D eigenvalue weighted by molar-refractivity contribution is 5.95. The summed E-state index contributed by atoms with van der Waals surface area (Å²) in [6.45, 7) is 3.60. The van der Waals surface area contributed by atoms with E-state index in [0.29, 0.717) is 5.57 Å². The smallest absolute Gasteiger partial charge is 0.267 e. The van der Waals surface area contributed by atoms with E-state index in [2.05, 4.69) is 11.4 Å². The van der Waals surface area contributed by atoms with Crippen molar-refractivity contribution in [2.45, 2.75) is 13.8 Å². The molecule has 0 aliphatic carbocycles. The fourth-order valence-electron chi connectivity index (χ4n) is 0.553. The lowest BCUT2D eigenvalue weighted by Gasteiger charge is -2.04. The quantitative estimate of drug-likeness (QED) is 0.466. The van der Waals surface area contributed by atoms with Gasteiger partial charge in [-0.1, -0.05) is 0 Å². The lowest BCUT2D eigenvalue weighted by Crippen LogP contribution is -2.15. The minimum absolute atomic E-state index is 0.147. The Kier molecular flexibility index (Phi) is 1.39. The van der Waals surface area contributed by atoms with E-state index < -0.39 is 0 Å². The third-order valence-corrected chi connectivity index (χ3v) is 1.35. The first kappa shape index (κ1) is 6.08. The molecule has 0 saturated carbocycles. The van der Waals surface area contributed by atoms with Crippen LogP contribution in [0.5, 0.6) is 0 Å². The van der Waals surface area contributed by atoms with Gasteiger partial charge in [0.05, 0.1) is 0 Å². The number of amides is 1. The van der Waals surface area contributed by atoms with Crippen molar-refractivity contribution in [1.29, 1.82) is 0 Å². The summed E-state index contributed by atoms with van der Waals surface area (Å²) < 4.78 is 0. The van der Waals surface area contributed by atoms with E-state index in [-0.39, 0.29) is 5.91 Å². The summed E-state index contributed by atoms with van der Waals surface area (Å²) in [7, 11) is 0. The van der Waals surface area contributed by atoms with Crippen molar-refractivity contribution >= 4 is 5.91 Å². The number of nitrogens with zero attached hydrogens (tertiary/aromatic N) is 1. The van der Waals surface area contributed by atoms with Crippen LogP contribution in [0.25, 0.3) is 0 Å². The minimum Gasteiger partial charge on any atom is -0.267 e. The summed E-state index contributed by atoms with van der Waals surface area (Å²) in [5, 5.41) is 3.53. The predicted molar refractivity (Wildman–Crippen MR) is 33.3 cm³/mol. The van der Waals surface area contributed by atoms with Gasteiger partial charge in [0.25, 0.3) is 5.91 Å². The van der Waals surface area contributed by atoms with Crippen LogP contribution in [0.4, 0.5) is 0 Å². The molecule has 1 amide bonds. The van der Waals surface area contributed by atoms with Crippen LogP contribution in [0.15, 0.2) is 17.3 Å². The van der Waals surface area contributed by atoms with Gasteiger partial charge in [0.2, 0.25) is 0 Å². The van der Waals surface area contributed by atoms with Crippen molar-refractivity contribution in [2.75, 3.05) is 0 Å². The Morgan fingerprint density at radius 3 is 2.67 bits per heavy atom. The largest absolute Gasteiger partial charge is 0.272 e. The number of allylic oxidation sites excluding steroid dienone is 2. The predicted octanol–water partition coefficient (Wildman–Crippen LogP) is 0.784. The number of rotatable bonds is 0. The number of hydrogen-bond acceptors (Lipinski definition) is 1. The molecule has 0 unspecified atom stereocenters. The van der Waals surface area contributed by atoms with Gasteiger partial charge in [0, 0.05) is 17.8 Å². The standard InChI is InChI=1S/C7H7NO/c1-5-3-4-8-7(9)6(5)2/h4H,1-2H3. The zero-order valence-corrected chi connectivity index (χ0v) is 5.43. The van der Waals surface area contributed by atoms with Crippen LogP contribution >= 0.6 is 0 Å². The molecule has 0 atom stereocenters. The lowest BCUT2D eigenvalue weighted by molar-refractivity contribution is -0.117. The fraction of sp³-hybridized carbons (Fsp3) is 0.286. The molecule has 2 nitrogen and oxygen atoms in total. The SMILES string of the molecule is CC1=C(C)C(=O)[N]C=[C]1. The summed E-state index contributed by atoms with van der Waals surface area (Å²) >= 11 is 0. The second-order valence-electron chi connectivity index (χ2n) is 1.96. The highest BCUT2D eigenvalue weighted by atomic mass is 16.1. The van der Waals surface area contributed by atoms with Crippen LogP contribution in [0.3, 0.4) is 0 Å². The maximum absolute atomic E-state index is 10.7. The summed E-state index contributed by atoms with van der Waals surface area (Å²) in [6.07, 6.45) is 4.24. The van der Waals surface area contributed by atoms with Crippen LogP contribution in [0.2, 0.25) is 0 Å². The molecule has 46 valence electrons. The van der Waals surface area contributed by atoms with Crippen LogP contribution in [0, 0.1) is 6.08 Å². The second kappa shape index (κ2) is 2.05. The first-order valence-electron chi connectivity index (χ1n) is 2.72. The first-order chi connectivity index (χ1) is 4.22. The summed E-state index contributed by atoms with van der Waals surface area (Å²) in [5.74, 6) is -0.147. The van der Waals surface area contributed by atoms with Crippen LogP contribution in [0.1, 0.15) is 13.8 Å². The van der Waals surface area contributed by atoms with Crippen LogP contribution in [-0.4, -0.2) is 5.91 Å². The van der Waals surface area contributed by atoms with Gasteiger partial charge in [-0.3, -0.25) is 4.79 Å². The van der Waals surface area contributed by atoms with Gasteiger partial charge < -0.3 is 0 Å². The highest BCUT2D eigenvalue weighted by Gasteiger charge is 2.09. The van der Waals surface area contributed by atoms with Crippen molar-refractivity contribution in [3.8, 4) is 0 Å². The second-order valence-corrected chi connectivity index (χ2v) is 1.96. The van der Waals surface area contributed by atoms with Crippen LogP contribution < -0.4 is 5.32 Å². The topological polar surface area (TPSA) is 31.2 Å². The van der Waals surface area contributed by atoms with Crippen LogP contribution in [-0.2, 0) is 4.79 Å². The minimum atomic E-state index is -0.147. The van der Waals surface area contributed by atoms with E-state index in [1.165, 1.54) is 6.20 Å².